The summed E-state index contributed by atoms with van der Waals surface area (Å²) in [4.78, 5) is 2.39. The molecule has 1 N–H and O–H groups in total. The molecule has 1 saturated heterocycles. The van der Waals surface area contributed by atoms with E-state index < -0.39 is 0 Å². The van der Waals surface area contributed by atoms with Gasteiger partial charge in [0.1, 0.15) is 0 Å². The van der Waals surface area contributed by atoms with Gasteiger partial charge in [-0.2, -0.15) is 0 Å². The molecular formula is C21H27NO2. The molecule has 0 bridgehead atoms. The second-order valence-corrected chi connectivity index (χ2v) is 7.02. The molecule has 1 fully saturated rings. The van der Waals surface area contributed by atoms with Crippen LogP contribution in [0.4, 0.5) is 0 Å². The molecule has 3 rings (SSSR count). The van der Waals surface area contributed by atoms with Crippen LogP contribution < -0.4 is 0 Å². The minimum atomic E-state index is -0.284. The molecule has 1 heterocycles. The Balaban J connectivity index is 1.89. The van der Waals surface area contributed by atoms with Gasteiger partial charge in [-0.1, -0.05) is 59.7 Å². The third-order valence-electron chi connectivity index (χ3n) is 4.92. The number of aliphatic hydroxyl groups is 1. The Bertz CT molecular complexity index is 643. The normalized spacial score (nSPS) is 20.7. The molecule has 1 unspecified atom stereocenters. The monoisotopic (exact) mass is 325 g/mol. The van der Waals surface area contributed by atoms with Crippen LogP contribution in [0, 0.1) is 13.8 Å². The third kappa shape index (κ3) is 3.86. The number of benzene rings is 2. The quantitative estimate of drug-likeness (QED) is 0.883. The molecule has 2 aromatic rings. The second kappa shape index (κ2) is 7.47. The largest absolute Gasteiger partial charge is 0.394 e. The van der Waals surface area contributed by atoms with Crippen LogP contribution >= 0.6 is 0 Å². The molecule has 0 radical (unpaired) electrons. The number of aryl methyl sites for hydroxylation is 2. The van der Waals surface area contributed by atoms with Crippen molar-refractivity contribution in [3.63, 3.8) is 0 Å². The van der Waals surface area contributed by atoms with Crippen LogP contribution in [0.3, 0.4) is 0 Å². The Morgan fingerprint density at radius 2 is 1.67 bits per heavy atom. The maximum absolute atomic E-state index is 10.1. The van der Waals surface area contributed by atoms with Gasteiger partial charge in [-0.3, -0.25) is 4.90 Å². The minimum Gasteiger partial charge on any atom is -0.394 e. The smallest absolute Gasteiger partial charge is 0.0703 e. The Kier molecular flexibility index (Phi) is 5.34. The highest BCUT2D eigenvalue weighted by atomic mass is 16.5. The lowest BCUT2D eigenvalue weighted by Crippen LogP contribution is -2.51. The molecular weight excluding hydrogens is 298 g/mol. The molecule has 3 nitrogen and oxygen atoms in total. The molecule has 1 aliphatic rings. The van der Waals surface area contributed by atoms with E-state index in [1.54, 1.807) is 0 Å². The third-order valence-corrected chi connectivity index (χ3v) is 4.92. The highest BCUT2D eigenvalue weighted by Gasteiger charge is 2.40. The summed E-state index contributed by atoms with van der Waals surface area (Å²) in [6.07, 6.45) is 0.876. The fraction of sp³-hybridized carbons (Fsp3) is 0.429. The van der Waals surface area contributed by atoms with E-state index in [1.807, 2.05) is 6.07 Å². The zero-order chi connectivity index (χ0) is 17.0. The first kappa shape index (κ1) is 17.2. The van der Waals surface area contributed by atoms with Gasteiger partial charge in [0.2, 0.25) is 0 Å². The maximum atomic E-state index is 10.1. The van der Waals surface area contributed by atoms with Gasteiger partial charge in [-0.25, -0.2) is 0 Å². The average Bonchev–Trinajstić information content (AvgIpc) is 3.04. The fourth-order valence-electron chi connectivity index (χ4n) is 3.65. The van der Waals surface area contributed by atoms with Crippen molar-refractivity contribution in [2.45, 2.75) is 38.9 Å². The number of rotatable bonds is 6. The van der Waals surface area contributed by atoms with Crippen LogP contribution in [0.5, 0.6) is 0 Å². The molecule has 1 atom stereocenters. The van der Waals surface area contributed by atoms with E-state index in [0.29, 0.717) is 6.61 Å². The molecule has 0 amide bonds. The van der Waals surface area contributed by atoms with Gasteiger partial charge < -0.3 is 9.84 Å². The lowest BCUT2D eigenvalue weighted by atomic mass is 9.95. The molecule has 128 valence electrons. The van der Waals surface area contributed by atoms with Gasteiger partial charge in [0.15, 0.2) is 0 Å². The lowest BCUT2D eigenvalue weighted by molar-refractivity contribution is 0.00762. The Morgan fingerprint density at radius 1 is 1.00 bits per heavy atom. The molecule has 3 heteroatoms. The number of hydrogen-bond donors (Lipinski definition) is 1. The van der Waals surface area contributed by atoms with E-state index >= 15 is 0 Å². The summed E-state index contributed by atoms with van der Waals surface area (Å²) < 4.78 is 5.65. The molecule has 0 aliphatic carbocycles. The van der Waals surface area contributed by atoms with Crippen molar-refractivity contribution >= 4 is 0 Å². The summed E-state index contributed by atoms with van der Waals surface area (Å²) in [7, 11) is 0. The van der Waals surface area contributed by atoms with Crippen molar-refractivity contribution in [3.05, 3.63) is 70.8 Å². The van der Waals surface area contributed by atoms with Gasteiger partial charge in [0, 0.05) is 19.7 Å². The van der Waals surface area contributed by atoms with E-state index in [0.717, 1.165) is 26.1 Å². The summed E-state index contributed by atoms with van der Waals surface area (Å²) in [5, 5.41) is 10.1. The lowest BCUT2D eigenvalue weighted by Gasteiger charge is -2.39. The van der Waals surface area contributed by atoms with Crippen molar-refractivity contribution in [1.29, 1.82) is 0 Å². The zero-order valence-electron chi connectivity index (χ0n) is 14.7. The van der Waals surface area contributed by atoms with Crippen LogP contribution in [-0.4, -0.2) is 35.4 Å². The minimum absolute atomic E-state index is 0.130. The molecule has 0 saturated carbocycles. The molecule has 0 spiro atoms. The predicted octanol–water partition coefficient (Wildman–Crippen LogP) is 3.46. The number of ether oxygens (including phenoxy) is 1. The first-order chi connectivity index (χ1) is 11.6. The van der Waals surface area contributed by atoms with Crippen molar-refractivity contribution in [2.75, 3.05) is 19.8 Å². The number of hydrogen-bond acceptors (Lipinski definition) is 3. The molecule has 0 aromatic heterocycles. The van der Waals surface area contributed by atoms with Gasteiger partial charge in [-0.05, 0) is 31.4 Å². The summed E-state index contributed by atoms with van der Waals surface area (Å²) in [5.74, 6) is 0. The van der Waals surface area contributed by atoms with Crippen LogP contribution in [0.2, 0.25) is 0 Å². The van der Waals surface area contributed by atoms with E-state index in [1.165, 1.54) is 22.3 Å². The molecule has 1 aliphatic heterocycles. The maximum Gasteiger partial charge on any atom is 0.0703 e. The SMILES string of the molecule is Cc1cc(C)cc(CN(Cc2ccccc2)C2(CO)CCOC2)c1. The van der Waals surface area contributed by atoms with Crippen LogP contribution in [0.15, 0.2) is 48.5 Å². The summed E-state index contributed by atoms with van der Waals surface area (Å²) >= 11 is 0. The second-order valence-electron chi connectivity index (χ2n) is 7.02. The Morgan fingerprint density at radius 3 is 2.25 bits per heavy atom. The number of nitrogens with zero attached hydrogens (tertiary/aromatic N) is 1. The number of aliphatic hydroxyl groups excluding tert-OH is 1. The zero-order valence-corrected chi connectivity index (χ0v) is 14.7. The van der Waals surface area contributed by atoms with Crippen molar-refractivity contribution in [1.82, 2.24) is 4.90 Å². The van der Waals surface area contributed by atoms with Crippen LogP contribution in [0.1, 0.15) is 28.7 Å². The van der Waals surface area contributed by atoms with E-state index in [2.05, 4.69) is 61.2 Å². The van der Waals surface area contributed by atoms with E-state index in [9.17, 15) is 5.11 Å². The fourth-order valence-corrected chi connectivity index (χ4v) is 3.65. The standard InChI is InChI=1S/C21H27NO2/c1-17-10-18(2)12-20(11-17)14-22(13-19-6-4-3-5-7-19)21(15-23)8-9-24-16-21/h3-7,10-12,23H,8-9,13-16H2,1-2H3. The predicted molar refractivity (Wildman–Crippen MR) is 96.9 cm³/mol. The van der Waals surface area contributed by atoms with Gasteiger partial charge in [-0.15, -0.1) is 0 Å². The topological polar surface area (TPSA) is 32.7 Å². The van der Waals surface area contributed by atoms with Crippen molar-refractivity contribution in [2.24, 2.45) is 0 Å². The first-order valence-electron chi connectivity index (χ1n) is 8.66. The van der Waals surface area contributed by atoms with Crippen LogP contribution in [-0.2, 0) is 17.8 Å². The highest BCUT2D eigenvalue weighted by molar-refractivity contribution is 5.29. The summed E-state index contributed by atoms with van der Waals surface area (Å²) in [6.45, 7) is 7.36. The van der Waals surface area contributed by atoms with Crippen molar-refractivity contribution < 1.29 is 9.84 Å². The van der Waals surface area contributed by atoms with Gasteiger partial charge >= 0.3 is 0 Å². The summed E-state index contributed by atoms with van der Waals surface area (Å²) in [6, 6.07) is 17.2. The molecule has 2 aromatic carbocycles. The Hall–Kier alpha value is -1.68. The van der Waals surface area contributed by atoms with E-state index in [4.69, 9.17) is 4.74 Å². The highest BCUT2D eigenvalue weighted by Crippen LogP contribution is 2.29. The van der Waals surface area contributed by atoms with E-state index in [-0.39, 0.29) is 12.1 Å². The summed E-state index contributed by atoms with van der Waals surface area (Å²) in [5.41, 5.74) is 4.84. The average molecular weight is 325 g/mol. The Labute approximate surface area is 144 Å². The van der Waals surface area contributed by atoms with Crippen molar-refractivity contribution in [3.8, 4) is 0 Å². The first-order valence-corrected chi connectivity index (χ1v) is 8.66. The van der Waals surface area contributed by atoms with Crippen LogP contribution in [0.25, 0.3) is 0 Å². The van der Waals surface area contributed by atoms with Gasteiger partial charge in [0.05, 0.1) is 18.8 Å². The molecule has 24 heavy (non-hydrogen) atoms. The van der Waals surface area contributed by atoms with Gasteiger partial charge in [0.25, 0.3) is 0 Å².